The zero-order valence-electron chi connectivity index (χ0n) is 12.5. The number of halogens is 1. The first kappa shape index (κ1) is 15.3. The van der Waals surface area contributed by atoms with E-state index in [0.29, 0.717) is 18.1 Å². The SMILES string of the molecule is CCOc1ccccc1Oc1c(F)cccc1C(C)NC. The van der Waals surface area contributed by atoms with Crippen LogP contribution in [-0.2, 0) is 0 Å². The molecular formula is C17H20FNO2. The zero-order valence-corrected chi connectivity index (χ0v) is 12.5. The molecule has 1 N–H and O–H groups in total. The first-order valence-corrected chi connectivity index (χ1v) is 7.02. The summed E-state index contributed by atoms with van der Waals surface area (Å²) in [7, 11) is 1.83. The third-order valence-electron chi connectivity index (χ3n) is 3.26. The van der Waals surface area contributed by atoms with Gasteiger partial charge in [-0.1, -0.05) is 24.3 Å². The predicted molar refractivity (Wildman–Crippen MR) is 81.6 cm³/mol. The van der Waals surface area contributed by atoms with Crippen molar-refractivity contribution in [1.29, 1.82) is 0 Å². The van der Waals surface area contributed by atoms with Gasteiger partial charge < -0.3 is 14.8 Å². The van der Waals surface area contributed by atoms with Crippen molar-refractivity contribution < 1.29 is 13.9 Å². The minimum absolute atomic E-state index is 0.0186. The van der Waals surface area contributed by atoms with Crippen LogP contribution in [0.2, 0.25) is 0 Å². The van der Waals surface area contributed by atoms with E-state index in [2.05, 4.69) is 5.32 Å². The van der Waals surface area contributed by atoms with E-state index in [9.17, 15) is 4.39 Å². The lowest BCUT2D eigenvalue weighted by molar-refractivity contribution is 0.317. The molecule has 0 heterocycles. The fourth-order valence-corrected chi connectivity index (χ4v) is 2.05. The summed E-state index contributed by atoms with van der Waals surface area (Å²) in [5.74, 6) is 0.952. The van der Waals surface area contributed by atoms with Crippen LogP contribution in [0.1, 0.15) is 25.5 Å². The van der Waals surface area contributed by atoms with Crippen LogP contribution in [0.4, 0.5) is 4.39 Å². The van der Waals surface area contributed by atoms with Crippen LogP contribution in [0.25, 0.3) is 0 Å². The van der Waals surface area contributed by atoms with Crippen LogP contribution < -0.4 is 14.8 Å². The average Bonchev–Trinajstić information content (AvgIpc) is 2.50. The van der Waals surface area contributed by atoms with Gasteiger partial charge in [-0.3, -0.25) is 0 Å². The van der Waals surface area contributed by atoms with Crippen molar-refractivity contribution in [2.24, 2.45) is 0 Å². The predicted octanol–water partition coefficient (Wildman–Crippen LogP) is 4.30. The Morgan fingerprint density at radius 1 is 1.10 bits per heavy atom. The topological polar surface area (TPSA) is 30.5 Å². The Labute approximate surface area is 124 Å². The normalized spacial score (nSPS) is 12.0. The van der Waals surface area contributed by atoms with Gasteiger partial charge in [-0.25, -0.2) is 4.39 Å². The lowest BCUT2D eigenvalue weighted by Gasteiger charge is -2.18. The van der Waals surface area contributed by atoms with Crippen molar-refractivity contribution in [3.05, 3.63) is 53.8 Å². The summed E-state index contributed by atoms with van der Waals surface area (Å²) in [5, 5.41) is 3.10. The molecule has 0 spiro atoms. The Balaban J connectivity index is 2.40. The van der Waals surface area contributed by atoms with Gasteiger partial charge in [0.15, 0.2) is 23.1 Å². The Hall–Kier alpha value is -2.07. The highest BCUT2D eigenvalue weighted by atomic mass is 19.1. The molecule has 0 aliphatic heterocycles. The zero-order chi connectivity index (χ0) is 15.2. The third-order valence-corrected chi connectivity index (χ3v) is 3.26. The smallest absolute Gasteiger partial charge is 0.169 e. The monoisotopic (exact) mass is 289 g/mol. The molecule has 2 aromatic carbocycles. The molecule has 2 rings (SSSR count). The summed E-state index contributed by atoms with van der Waals surface area (Å²) < 4.78 is 25.5. The van der Waals surface area contributed by atoms with E-state index in [4.69, 9.17) is 9.47 Å². The van der Waals surface area contributed by atoms with Gasteiger partial charge in [0, 0.05) is 11.6 Å². The third kappa shape index (κ3) is 3.52. The standard InChI is InChI=1S/C17H20FNO2/c1-4-20-15-10-5-6-11-16(15)21-17-13(12(2)19-3)8-7-9-14(17)18/h5-12,19H,4H2,1-3H3. The highest BCUT2D eigenvalue weighted by Gasteiger charge is 2.16. The van der Waals surface area contributed by atoms with Gasteiger partial charge in [0.2, 0.25) is 0 Å². The Morgan fingerprint density at radius 2 is 1.81 bits per heavy atom. The molecule has 0 aliphatic carbocycles. The molecule has 0 aromatic heterocycles. The van der Waals surface area contributed by atoms with E-state index >= 15 is 0 Å². The molecule has 0 fully saturated rings. The first-order chi connectivity index (χ1) is 10.2. The quantitative estimate of drug-likeness (QED) is 0.860. The fraction of sp³-hybridized carbons (Fsp3) is 0.294. The van der Waals surface area contributed by atoms with Crippen LogP contribution in [0, 0.1) is 5.82 Å². The maximum Gasteiger partial charge on any atom is 0.169 e. The second-order valence-corrected chi connectivity index (χ2v) is 4.65. The van der Waals surface area contributed by atoms with E-state index in [1.165, 1.54) is 6.07 Å². The highest BCUT2D eigenvalue weighted by Crippen LogP contribution is 2.36. The molecule has 21 heavy (non-hydrogen) atoms. The van der Waals surface area contributed by atoms with E-state index in [1.54, 1.807) is 18.2 Å². The number of rotatable bonds is 6. The lowest BCUT2D eigenvalue weighted by atomic mass is 10.1. The van der Waals surface area contributed by atoms with Crippen LogP contribution in [0.15, 0.2) is 42.5 Å². The van der Waals surface area contributed by atoms with E-state index in [1.807, 2.05) is 39.1 Å². The fourth-order valence-electron chi connectivity index (χ4n) is 2.05. The molecule has 1 unspecified atom stereocenters. The van der Waals surface area contributed by atoms with Gasteiger partial charge in [0.25, 0.3) is 0 Å². The molecule has 0 saturated carbocycles. The van der Waals surface area contributed by atoms with Gasteiger partial charge in [0.05, 0.1) is 6.61 Å². The Bertz CT molecular complexity index is 601. The van der Waals surface area contributed by atoms with Gasteiger partial charge in [-0.2, -0.15) is 0 Å². The maximum atomic E-state index is 14.2. The minimum Gasteiger partial charge on any atom is -0.490 e. The lowest BCUT2D eigenvalue weighted by Crippen LogP contribution is -2.13. The number of benzene rings is 2. The Morgan fingerprint density at radius 3 is 2.48 bits per heavy atom. The number of hydrogen-bond donors (Lipinski definition) is 1. The van der Waals surface area contributed by atoms with Gasteiger partial charge in [-0.15, -0.1) is 0 Å². The highest BCUT2D eigenvalue weighted by molar-refractivity contribution is 5.46. The molecule has 0 saturated heterocycles. The summed E-state index contributed by atoms with van der Waals surface area (Å²) in [4.78, 5) is 0. The summed E-state index contributed by atoms with van der Waals surface area (Å²) in [6, 6.07) is 12.2. The van der Waals surface area contributed by atoms with Crippen LogP contribution in [0.5, 0.6) is 17.2 Å². The molecule has 1 atom stereocenters. The van der Waals surface area contributed by atoms with Gasteiger partial charge >= 0.3 is 0 Å². The van der Waals surface area contributed by atoms with Crippen LogP contribution in [0.3, 0.4) is 0 Å². The molecule has 2 aromatic rings. The Kier molecular flexibility index (Phi) is 5.17. The van der Waals surface area contributed by atoms with Gasteiger partial charge in [-0.05, 0) is 39.1 Å². The summed E-state index contributed by atoms with van der Waals surface area (Å²) in [5.41, 5.74) is 0.767. The van der Waals surface area contributed by atoms with Crippen molar-refractivity contribution in [3.8, 4) is 17.2 Å². The van der Waals surface area contributed by atoms with E-state index in [0.717, 1.165) is 5.56 Å². The van der Waals surface area contributed by atoms with Gasteiger partial charge in [0.1, 0.15) is 0 Å². The molecule has 4 heteroatoms. The largest absolute Gasteiger partial charge is 0.490 e. The first-order valence-electron chi connectivity index (χ1n) is 7.02. The number of hydrogen-bond acceptors (Lipinski definition) is 3. The van der Waals surface area contributed by atoms with Crippen LogP contribution in [-0.4, -0.2) is 13.7 Å². The molecule has 0 bridgehead atoms. The molecule has 3 nitrogen and oxygen atoms in total. The second-order valence-electron chi connectivity index (χ2n) is 4.65. The molecule has 112 valence electrons. The number of para-hydroxylation sites is 3. The van der Waals surface area contributed by atoms with E-state index < -0.39 is 0 Å². The van der Waals surface area contributed by atoms with Crippen molar-refractivity contribution in [2.45, 2.75) is 19.9 Å². The van der Waals surface area contributed by atoms with Crippen LogP contribution >= 0.6 is 0 Å². The van der Waals surface area contributed by atoms with Crippen molar-refractivity contribution >= 4 is 0 Å². The summed E-state index contributed by atoms with van der Waals surface area (Å²) in [6.45, 7) is 4.38. The summed E-state index contributed by atoms with van der Waals surface area (Å²) >= 11 is 0. The van der Waals surface area contributed by atoms with Crippen molar-refractivity contribution in [3.63, 3.8) is 0 Å². The molecule has 0 amide bonds. The molecular weight excluding hydrogens is 269 g/mol. The number of ether oxygens (including phenoxy) is 2. The molecule has 0 radical (unpaired) electrons. The minimum atomic E-state index is -0.388. The second kappa shape index (κ2) is 7.09. The number of nitrogens with one attached hydrogen (secondary N) is 1. The van der Waals surface area contributed by atoms with Crippen molar-refractivity contribution in [2.75, 3.05) is 13.7 Å². The summed E-state index contributed by atoms with van der Waals surface area (Å²) in [6.07, 6.45) is 0. The van der Waals surface area contributed by atoms with Crippen molar-refractivity contribution in [1.82, 2.24) is 5.32 Å². The maximum absolute atomic E-state index is 14.2. The van der Waals surface area contributed by atoms with E-state index in [-0.39, 0.29) is 17.6 Å². The average molecular weight is 289 g/mol. The molecule has 0 aliphatic rings.